The van der Waals surface area contributed by atoms with Crippen molar-refractivity contribution in [3.8, 4) is 0 Å². The Hall–Kier alpha value is -2.12. The van der Waals surface area contributed by atoms with E-state index in [1.165, 1.54) is 0 Å². The number of fused-ring (bicyclic) bond motifs is 1. The molecule has 3 rings (SSSR count). The summed E-state index contributed by atoms with van der Waals surface area (Å²) in [6, 6.07) is 0.869. The molecule has 0 aromatic carbocycles. The van der Waals surface area contributed by atoms with Gasteiger partial charge in [0.2, 0.25) is 5.95 Å². The van der Waals surface area contributed by atoms with E-state index in [0.717, 1.165) is 18.1 Å². The third-order valence-electron chi connectivity index (χ3n) is 2.96. The van der Waals surface area contributed by atoms with Crippen LogP contribution in [0.4, 0.5) is 19.1 Å². The molecule has 0 amide bonds. The van der Waals surface area contributed by atoms with Crippen LogP contribution in [0.3, 0.4) is 0 Å². The number of rotatable bonds is 1. The van der Waals surface area contributed by atoms with Crippen molar-refractivity contribution in [3.63, 3.8) is 0 Å². The van der Waals surface area contributed by atoms with Gasteiger partial charge in [0.25, 0.3) is 0 Å². The van der Waals surface area contributed by atoms with Crippen LogP contribution >= 0.6 is 0 Å². The molecule has 8 heteroatoms. The lowest BCUT2D eigenvalue weighted by Crippen LogP contribution is -2.35. The summed E-state index contributed by atoms with van der Waals surface area (Å²) in [6.45, 7) is 1.63. The van der Waals surface area contributed by atoms with Crippen LogP contribution in [-0.2, 0) is 19.3 Å². The van der Waals surface area contributed by atoms with E-state index in [2.05, 4.69) is 15.0 Å². The fourth-order valence-corrected chi connectivity index (χ4v) is 2.00. The lowest BCUT2D eigenvalue weighted by Gasteiger charge is -2.27. The number of aromatic nitrogens is 4. The van der Waals surface area contributed by atoms with Crippen LogP contribution in [-0.4, -0.2) is 26.1 Å². The molecule has 0 radical (unpaired) electrons. The molecular formula is C11H10F3N5. The highest BCUT2D eigenvalue weighted by molar-refractivity contribution is 5.32. The number of alkyl halides is 3. The number of nitrogens with zero attached hydrogens (tertiary/aromatic N) is 5. The maximum atomic E-state index is 12.6. The molecule has 0 bridgehead atoms. The Bertz CT molecular complexity index is 592. The van der Waals surface area contributed by atoms with E-state index < -0.39 is 11.9 Å². The Morgan fingerprint density at radius 2 is 1.95 bits per heavy atom. The number of hydrogen-bond donors (Lipinski definition) is 0. The molecule has 3 heterocycles. The first kappa shape index (κ1) is 11.9. The van der Waals surface area contributed by atoms with Crippen molar-refractivity contribution < 1.29 is 13.2 Å². The van der Waals surface area contributed by atoms with Crippen LogP contribution in [0.25, 0.3) is 0 Å². The van der Waals surface area contributed by atoms with Crippen LogP contribution in [0.1, 0.15) is 11.5 Å². The molecule has 0 N–H and O–H groups in total. The van der Waals surface area contributed by atoms with Gasteiger partial charge in [-0.05, 0) is 6.07 Å². The van der Waals surface area contributed by atoms with Crippen molar-refractivity contribution in [1.29, 1.82) is 0 Å². The first-order valence-corrected chi connectivity index (χ1v) is 5.69. The maximum Gasteiger partial charge on any atom is 0.433 e. The third-order valence-corrected chi connectivity index (χ3v) is 2.96. The average Bonchev–Trinajstić information content (AvgIpc) is 2.85. The van der Waals surface area contributed by atoms with Gasteiger partial charge in [-0.25, -0.2) is 15.0 Å². The van der Waals surface area contributed by atoms with Crippen molar-refractivity contribution in [2.75, 3.05) is 11.4 Å². The van der Waals surface area contributed by atoms with Crippen LogP contribution < -0.4 is 4.90 Å². The van der Waals surface area contributed by atoms with Crippen LogP contribution in [0, 0.1) is 0 Å². The second kappa shape index (κ2) is 4.22. The summed E-state index contributed by atoms with van der Waals surface area (Å²) in [7, 11) is 0. The zero-order chi connectivity index (χ0) is 13.5. The Kier molecular flexibility index (Phi) is 2.65. The second-order valence-electron chi connectivity index (χ2n) is 4.20. The van der Waals surface area contributed by atoms with E-state index in [1.807, 2.05) is 10.8 Å². The molecule has 0 fully saturated rings. The molecule has 0 saturated heterocycles. The minimum Gasteiger partial charge on any atom is -0.332 e. The molecule has 19 heavy (non-hydrogen) atoms. The third kappa shape index (κ3) is 2.25. The van der Waals surface area contributed by atoms with Gasteiger partial charge in [0.1, 0.15) is 11.5 Å². The van der Waals surface area contributed by atoms with Crippen molar-refractivity contribution in [1.82, 2.24) is 19.5 Å². The van der Waals surface area contributed by atoms with Crippen molar-refractivity contribution in [3.05, 3.63) is 36.2 Å². The zero-order valence-corrected chi connectivity index (χ0v) is 9.80. The van der Waals surface area contributed by atoms with Gasteiger partial charge in [0.15, 0.2) is 0 Å². The van der Waals surface area contributed by atoms with Crippen LogP contribution in [0.5, 0.6) is 0 Å². The van der Waals surface area contributed by atoms with Gasteiger partial charge in [-0.3, -0.25) is 0 Å². The van der Waals surface area contributed by atoms with Crippen molar-refractivity contribution in [2.45, 2.75) is 19.3 Å². The lowest BCUT2D eigenvalue weighted by molar-refractivity contribution is -0.141. The molecule has 2 aromatic rings. The van der Waals surface area contributed by atoms with Gasteiger partial charge in [0, 0.05) is 31.7 Å². The summed E-state index contributed by atoms with van der Waals surface area (Å²) in [5, 5.41) is 0. The minimum atomic E-state index is -4.45. The highest BCUT2D eigenvalue weighted by atomic mass is 19.4. The van der Waals surface area contributed by atoms with E-state index in [4.69, 9.17) is 0 Å². The zero-order valence-electron chi connectivity index (χ0n) is 9.80. The standard InChI is InChI=1S/C11H10F3N5/c12-11(13,14)8-1-2-16-10(17-8)19-6-5-18-4-3-15-9(18)7-19/h1-4H,5-7H2. The predicted octanol–water partition coefficient (Wildman–Crippen LogP) is 1.71. The number of hydrogen-bond acceptors (Lipinski definition) is 4. The van der Waals surface area contributed by atoms with Crippen LogP contribution in [0.2, 0.25) is 0 Å². The highest BCUT2D eigenvalue weighted by Crippen LogP contribution is 2.28. The molecule has 0 spiro atoms. The lowest BCUT2D eigenvalue weighted by atomic mass is 10.3. The van der Waals surface area contributed by atoms with Crippen LogP contribution in [0.15, 0.2) is 24.7 Å². The summed E-state index contributed by atoms with van der Waals surface area (Å²) >= 11 is 0. The average molecular weight is 269 g/mol. The summed E-state index contributed by atoms with van der Waals surface area (Å²) in [6.07, 6.45) is 0.198. The highest BCUT2D eigenvalue weighted by Gasteiger charge is 2.33. The SMILES string of the molecule is FC(F)(F)c1ccnc(N2CCn3ccnc3C2)n1. The van der Waals surface area contributed by atoms with Crippen molar-refractivity contribution >= 4 is 5.95 Å². The van der Waals surface area contributed by atoms with Crippen molar-refractivity contribution in [2.24, 2.45) is 0 Å². The quantitative estimate of drug-likeness (QED) is 0.790. The normalized spacial score (nSPS) is 15.4. The number of anilines is 1. The fraction of sp³-hybridized carbons (Fsp3) is 0.364. The van der Waals surface area contributed by atoms with Gasteiger partial charge >= 0.3 is 6.18 Å². The molecule has 100 valence electrons. The monoisotopic (exact) mass is 269 g/mol. The molecular weight excluding hydrogens is 259 g/mol. The number of imidazole rings is 1. The van der Waals surface area contributed by atoms with E-state index in [9.17, 15) is 13.2 Å². The van der Waals surface area contributed by atoms with Gasteiger partial charge in [-0.1, -0.05) is 0 Å². The molecule has 0 unspecified atom stereocenters. The Morgan fingerprint density at radius 3 is 2.74 bits per heavy atom. The topological polar surface area (TPSA) is 46.8 Å². The summed E-state index contributed by atoms with van der Waals surface area (Å²) in [4.78, 5) is 13.3. The van der Waals surface area contributed by atoms with Gasteiger partial charge < -0.3 is 9.47 Å². The minimum absolute atomic E-state index is 0.0871. The fourth-order valence-electron chi connectivity index (χ4n) is 2.00. The Morgan fingerprint density at radius 1 is 1.11 bits per heavy atom. The molecule has 1 aliphatic heterocycles. The molecule has 2 aromatic heterocycles. The maximum absolute atomic E-state index is 12.6. The number of halogens is 3. The molecule has 0 atom stereocenters. The summed E-state index contributed by atoms with van der Waals surface area (Å²) in [5.74, 6) is 0.885. The molecule has 1 aliphatic rings. The Balaban J connectivity index is 1.88. The smallest absolute Gasteiger partial charge is 0.332 e. The Labute approximate surface area is 106 Å². The molecule has 0 saturated carbocycles. The van der Waals surface area contributed by atoms with E-state index in [-0.39, 0.29) is 5.95 Å². The summed E-state index contributed by atoms with van der Waals surface area (Å²) in [5.41, 5.74) is -0.925. The van der Waals surface area contributed by atoms with E-state index in [1.54, 1.807) is 11.1 Å². The molecule has 5 nitrogen and oxygen atoms in total. The molecule has 0 aliphatic carbocycles. The van der Waals surface area contributed by atoms with Gasteiger partial charge in [0.05, 0.1) is 6.54 Å². The first-order valence-electron chi connectivity index (χ1n) is 5.69. The van der Waals surface area contributed by atoms with Gasteiger partial charge in [-0.2, -0.15) is 13.2 Å². The van der Waals surface area contributed by atoms with E-state index >= 15 is 0 Å². The van der Waals surface area contributed by atoms with E-state index in [0.29, 0.717) is 19.6 Å². The first-order chi connectivity index (χ1) is 9.04. The second-order valence-corrected chi connectivity index (χ2v) is 4.20. The summed E-state index contributed by atoms with van der Waals surface area (Å²) < 4.78 is 39.8. The largest absolute Gasteiger partial charge is 0.433 e. The predicted molar refractivity (Wildman–Crippen MR) is 60.3 cm³/mol. The van der Waals surface area contributed by atoms with Gasteiger partial charge in [-0.15, -0.1) is 0 Å².